The second-order valence-corrected chi connectivity index (χ2v) is 9.67. The second kappa shape index (κ2) is 10.6. The monoisotopic (exact) mass is 429 g/mol. The second-order valence-electron chi connectivity index (χ2n) is 7.70. The Kier molecular flexibility index (Phi) is 7.87. The first-order valence-electron chi connectivity index (χ1n) is 10.6. The number of carbonyl (C=O) groups is 1. The molecule has 0 saturated carbocycles. The Hall–Kier alpha value is -2.38. The van der Waals surface area contributed by atoms with Crippen molar-refractivity contribution < 1.29 is 13.2 Å². The summed E-state index contributed by atoms with van der Waals surface area (Å²) in [5, 5.41) is 2.92. The molecule has 1 aliphatic rings. The minimum atomic E-state index is -3.74. The molecule has 0 radical (unpaired) electrons. The molecule has 6 nitrogen and oxygen atoms in total. The predicted molar refractivity (Wildman–Crippen MR) is 120 cm³/mol. The van der Waals surface area contributed by atoms with Crippen LogP contribution in [0.4, 0.5) is 5.69 Å². The van der Waals surface area contributed by atoms with Crippen molar-refractivity contribution in [2.45, 2.75) is 37.0 Å². The van der Waals surface area contributed by atoms with Gasteiger partial charge in [-0.1, -0.05) is 37.1 Å². The molecule has 162 valence electrons. The van der Waals surface area contributed by atoms with Crippen LogP contribution in [-0.2, 0) is 10.0 Å². The summed E-state index contributed by atoms with van der Waals surface area (Å²) in [6.07, 6.45) is 6.02. The molecule has 0 bridgehead atoms. The Morgan fingerprint density at radius 3 is 2.40 bits per heavy atom. The summed E-state index contributed by atoms with van der Waals surface area (Å²) in [7, 11) is -2.23. The largest absolute Gasteiger partial charge is 0.352 e. The minimum absolute atomic E-state index is 0.103. The quantitative estimate of drug-likeness (QED) is 0.652. The standard InChI is InChI=1S/C23H31N3O3S/c1-25(21-12-5-4-6-13-21)30(28,29)22-14-9-11-20(19-22)23(27)24-15-10-18-26-16-7-2-3-8-17-26/h4-6,9,11-14,19H,2-3,7-8,10,15-18H2,1H3,(H,24,27). The molecule has 0 aliphatic carbocycles. The number of hydrogen-bond donors (Lipinski definition) is 1. The number of rotatable bonds is 8. The van der Waals surface area contributed by atoms with Crippen LogP contribution in [-0.4, -0.2) is 52.5 Å². The molecule has 1 amide bonds. The molecule has 0 unspecified atom stereocenters. The van der Waals surface area contributed by atoms with Gasteiger partial charge in [-0.2, -0.15) is 0 Å². The SMILES string of the molecule is CN(c1ccccc1)S(=O)(=O)c1cccc(C(=O)NCCCN2CCCCCC2)c1. The topological polar surface area (TPSA) is 69.7 Å². The maximum absolute atomic E-state index is 13.0. The van der Waals surface area contributed by atoms with Crippen molar-refractivity contribution in [3.8, 4) is 0 Å². The Bertz CT molecular complexity index is 924. The Morgan fingerprint density at radius 1 is 1.00 bits per heavy atom. The van der Waals surface area contributed by atoms with Crippen LogP contribution in [0, 0.1) is 0 Å². The highest BCUT2D eigenvalue weighted by molar-refractivity contribution is 7.92. The highest BCUT2D eigenvalue weighted by atomic mass is 32.2. The van der Waals surface area contributed by atoms with Gasteiger partial charge in [0.25, 0.3) is 15.9 Å². The maximum atomic E-state index is 13.0. The van der Waals surface area contributed by atoms with Crippen LogP contribution < -0.4 is 9.62 Å². The first-order valence-corrected chi connectivity index (χ1v) is 12.1. The van der Waals surface area contributed by atoms with Crippen LogP contribution in [0.25, 0.3) is 0 Å². The highest BCUT2D eigenvalue weighted by Crippen LogP contribution is 2.22. The van der Waals surface area contributed by atoms with E-state index in [4.69, 9.17) is 0 Å². The number of nitrogens with zero attached hydrogens (tertiary/aromatic N) is 2. The van der Waals surface area contributed by atoms with Crippen molar-refractivity contribution in [1.29, 1.82) is 0 Å². The summed E-state index contributed by atoms with van der Waals surface area (Å²) in [4.78, 5) is 15.1. The van der Waals surface area contributed by atoms with Crippen LogP contribution in [0.5, 0.6) is 0 Å². The van der Waals surface area contributed by atoms with E-state index in [-0.39, 0.29) is 10.8 Å². The summed E-state index contributed by atoms with van der Waals surface area (Å²) >= 11 is 0. The number of anilines is 1. The van der Waals surface area contributed by atoms with Crippen molar-refractivity contribution in [3.05, 3.63) is 60.2 Å². The van der Waals surface area contributed by atoms with Gasteiger partial charge in [0, 0.05) is 19.2 Å². The number of benzene rings is 2. The number of nitrogens with one attached hydrogen (secondary N) is 1. The van der Waals surface area contributed by atoms with Gasteiger partial charge in [-0.05, 0) is 69.2 Å². The number of para-hydroxylation sites is 1. The summed E-state index contributed by atoms with van der Waals surface area (Å²) in [5.74, 6) is -0.245. The van der Waals surface area contributed by atoms with Gasteiger partial charge in [0.05, 0.1) is 10.6 Å². The van der Waals surface area contributed by atoms with E-state index in [1.54, 1.807) is 36.4 Å². The first-order chi connectivity index (χ1) is 14.5. The minimum Gasteiger partial charge on any atom is -0.352 e. The van der Waals surface area contributed by atoms with E-state index in [0.29, 0.717) is 17.8 Å². The molecule has 0 aromatic heterocycles. The number of sulfonamides is 1. The van der Waals surface area contributed by atoms with Crippen molar-refractivity contribution in [3.63, 3.8) is 0 Å². The molecule has 30 heavy (non-hydrogen) atoms. The molecule has 0 atom stereocenters. The molecule has 1 N–H and O–H groups in total. The third-order valence-corrected chi connectivity index (χ3v) is 7.29. The van der Waals surface area contributed by atoms with Gasteiger partial charge in [-0.15, -0.1) is 0 Å². The number of carbonyl (C=O) groups excluding carboxylic acids is 1. The average Bonchev–Trinajstić information content (AvgIpc) is 3.05. The van der Waals surface area contributed by atoms with Crippen LogP contribution >= 0.6 is 0 Å². The smallest absolute Gasteiger partial charge is 0.264 e. The average molecular weight is 430 g/mol. The molecular weight excluding hydrogens is 398 g/mol. The van der Waals surface area contributed by atoms with Gasteiger partial charge in [-0.3, -0.25) is 9.10 Å². The summed E-state index contributed by atoms with van der Waals surface area (Å²) in [6.45, 7) is 3.85. The molecular formula is C23H31N3O3S. The third-order valence-electron chi connectivity index (χ3n) is 5.51. The zero-order valence-electron chi connectivity index (χ0n) is 17.6. The lowest BCUT2D eigenvalue weighted by atomic mass is 10.2. The Labute approximate surface area is 179 Å². The van der Waals surface area contributed by atoms with E-state index < -0.39 is 10.0 Å². The van der Waals surface area contributed by atoms with Gasteiger partial charge in [0.2, 0.25) is 0 Å². The molecule has 1 saturated heterocycles. The molecule has 7 heteroatoms. The first kappa shape index (κ1) is 22.3. The summed E-state index contributed by atoms with van der Waals surface area (Å²) in [5.41, 5.74) is 0.924. The van der Waals surface area contributed by atoms with E-state index in [2.05, 4.69) is 10.2 Å². The van der Waals surface area contributed by atoms with Crippen LogP contribution in [0.2, 0.25) is 0 Å². The van der Waals surface area contributed by atoms with Crippen molar-refractivity contribution in [2.75, 3.05) is 37.5 Å². The summed E-state index contributed by atoms with van der Waals surface area (Å²) < 4.78 is 27.1. The Balaban J connectivity index is 1.58. The maximum Gasteiger partial charge on any atom is 0.264 e. The van der Waals surface area contributed by atoms with Gasteiger partial charge >= 0.3 is 0 Å². The van der Waals surface area contributed by atoms with Crippen molar-refractivity contribution in [1.82, 2.24) is 10.2 Å². The van der Waals surface area contributed by atoms with Crippen molar-refractivity contribution >= 4 is 21.6 Å². The fourth-order valence-corrected chi connectivity index (χ4v) is 4.94. The zero-order chi connectivity index (χ0) is 21.4. The molecule has 2 aromatic carbocycles. The molecule has 3 rings (SSSR count). The van der Waals surface area contributed by atoms with Crippen LogP contribution in [0.1, 0.15) is 42.5 Å². The Morgan fingerprint density at radius 2 is 1.70 bits per heavy atom. The highest BCUT2D eigenvalue weighted by Gasteiger charge is 2.22. The molecule has 0 spiro atoms. The van der Waals surface area contributed by atoms with Crippen LogP contribution in [0.3, 0.4) is 0 Å². The van der Waals surface area contributed by atoms with Gasteiger partial charge in [0.15, 0.2) is 0 Å². The third kappa shape index (κ3) is 5.83. The van der Waals surface area contributed by atoms with E-state index in [9.17, 15) is 13.2 Å². The summed E-state index contributed by atoms with van der Waals surface area (Å²) in [6, 6.07) is 15.1. The fraction of sp³-hybridized carbons (Fsp3) is 0.435. The number of hydrogen-bond acceptors (Lipinski definition) is 4. The molecule has 1 fully saturated rings. The van der Waals surface area contributed by atoms with Crippen LogP contribution in [0.15, 0.2) is 59.5 Å². The lowest BCUT2D eigenvalue weighted by molar-refractivity contribution is 0.0951. The molecule has 1 aliphatic heterocycles. The van der Waals surface area contributed by atoms with Crippen molar-refractivity contribution in [2.24, 2.45) is 0 Å². The predicted octanol–water partition coefficient (Wildman–Crippen LogP) is 3.51. The van der Waals surface area contributed by atoms with E-state index in [1.807, 2.05) is 6.07 Å². The molecule has 2 aromatic rings. The van der Waals surface area contributed by atoms with Gasteiger partial charge in [-0.25, -0.2) is 8.42 Å². The number of amides is 1. The normalized spacial score (nSPS) is 15.4. The lowest BCUT2D eigenvalue weighted by Gasteiger charge is -2.20. The fourth-order valence-electron chi connectivity index (χ4n) is 3.70. The number of likely N-dealkylation sites (tertiary alicyclic amines) is 1. The molecule has 1 heterocycles. The van der Waals surface area contributed by atoms with Gasteiger partial charge < -0.3 is 10.2 Å². The van der Waals surface area contributed by atoms with E-state index in [1.165, 1.54) is 49.2 Å². The van der Waals surface area contributed by atoms with E-state index >= 15 is 0 Å². The van der Waals surface area contributed by atoms with Gasteiger partial charge in [0.1, 0.15) is 0 Å². The van der Waals surface area contributed by atoms with E-state index in [0.717, 1.165) is 26.1 Å². The zero-order valence-corrected chi connectivity index (χ0v) is 18.4. The lowest BCUT2D eigenvalue weighted by Crippen LogP contribution is -2.31.